The second-order valence-electron chi connectivity index (χ2n) is 16.4. The van der Waals surface area contributed by atoms with Gasteiger partial charge in [-0.15, -0.1) is 0 Å². The molecule has 0 fully saturated rings. The van der Waals surface area contributed by atoms with E-state index in [-0.39, 0.29) is 83.8 Å². The minimum Gasteiger partial charge on any atom is -0.444 e. The number of rotatable bonds is 15. The van der Waals surface area contributed by atoms with Crippen molar-refractivity contribution in [1.29, 1.82) is 0 Å². The van der Waals surface area contributed by atoms with E-state index >= 15 is 0 Å². The smallest absolute Gasteiger partial charge is 0.444 e. The molecule has 0 aliphatic carbocycles. The average molecular weight is 1110 g/mol. The van der Waals surface area contributed by atoms with Gasteiger partial charge in [0.2, 0.25) is 11.8 Å². The molecule has 358 valence electrons. The van der Waals surface area contributed by atoms with Gasteiger partial charge in [-0.05, 0) is 76.9 Å². The molecular formula is C41H60Cl4IN4NaO13. The van der Waals surface area contributed by atoms with Crippen molar-refractivity contribution in [2.24, 2.45) is 0 Å². The number of benzene rings is 2. The molecule has 2 rings (SSSR count). The van der Waals surface area contributed by atoms with Crippen LogP contribution in [0.1, 0.15) is 92.2 Å². The number of aliphatic hydroxyl groups excluding tert-OH is 2. The van der Waals surface area contributed by atoms with Crippen molar-refractivity contribution in [3.63, 3.8) is 0 Å². The summed E-state index contributed by atoms with van der Waals surface area (Å²) in [5.41, 5.74) is -2.75. The molecule has 0 saturated heterocycles. The van der Waals surface area contributed by atoms with E-state index in [1.54, 1.807) is 113 Å². The van der Waals surface area contributed by atoms with Gasteiger partial charge >= 0.3 is 41.7 Å². The Balaban J connectivity index is 0. The number of hydrogen-bond acceptors (Lipinski definition) is 13. The number of aliphatic hydroxyl groups is 2. The van der Waals surface area contributed by atoms with Crippen LogP contribution in [0, 0.1) is 0 Å². The summed E-state index contributed by atoms with van der Waals surface area (Å²) in [7, 11) is 6.33. The first-order valence-electron chi connectivity index (χ1n) is 19.3. The molecule has 3 atom stereocenters. The number of likely N-dealkylation sites (N-methyl/N-ethyl adjacent to an activating group) is 4. The first-order valence-corrected chi connectivity index (χ1v) is 24.4. The summed E-state index contributed by atoms with van der Waals surface area (Å²) in [6.45, 7) is 13.6. The van der Waals surface area contributed by atoms with E-state index in [2.05, 4.69) is 0 Å². The fraction of sp³-hybridized carbons (Fsp3) is 0.585. The van der Waals surface area contributed by atoms with Gasteiger partial charge in [0.1, 0.15) is 37.6 Å². The Morgan fingerprint density at radius 2 is 1.02 bits per heavy atom. The summed E-state index contributed by atoms with van der Waals surface area (Å²) in [5, 5.41) is 21.1. The molecule has 0 heterocycles. The number of aldehydes is 1. The topological polar surface area (TPSA) is 249 Å². The average Bonchev–Trinajstić information content (AvgIpc) is 3.16. The zero-order valence-corrected chi connectivity index (χ0v) is 45.8. The molecule has 2 aromatic carbocycles. The quantitative estimate of drug-likeness (QED) is 0.106. The summed E-state index contributed by atoms with van der Waals surface area (Å²) in [5.74, 6) is -0.261. The fourth-order valence-corrected chi connectivity index (χ4v) is 6.69. The molecule has 0 radical (unpaired) electrons. The molecule has 2 N–H and O–H groups in total. The van der Waals surface area contributed by atoms with Crippen LogP contribution in [-0.4, -0.2) is 125 Å². The van der Waals surface area contributed by atoms with E-state index in [1.807, 2.05) is 0 Å². The molecule has 0 saturated carbocycles. The first-order chi connectivity index (χ1) is 28.6. The molecule has 0 bridgehead atoms. The predicted molar refractivity (Wildman–Crippen MR) is 229 cm³/mol. The third-order valence-electron chi connectivity index (χ3n) is 9.19. The Morgan fingerprint density at radius 1 is 0.688 bits per heavy atom. The van der Waals surface area contributed by atoms with E-state index in [1.165, 1.54) is 26.6 Å². The number of hydrogen-bond donors (Lipinski definition) is 2. The summed E-state index contributed by atoms with van der Waals surface area (Å²) >= 11 is 18.6. The van der Waals surface area contributed by atoms with E-state index in [9.17, 15) is 34.2 Å². The number of nitrogens with zero attached hydrogens (tertiary/aromatic N) is 4. The minimum atomic E-state index is -5.94. The van der Waals surface area contributed by atoms with Gasteiger partial charge in [0.25, 0.3) is 0 Å². The molecule has 2 aromatic rings. The van der Waals surface area contributed by atoms with Crippen molar-refractivity contribution >= 4 is 76.7 Å². The Kier molecular flexibility index (Phi) is 28.0. The van der Waals surface area contributed by atoms with Crippen molar-refractivity contribution in [3.05, 3.63) is 67.6 Å². The fourth-order valence-electron chi connectivity index (χ4n) is 6.10. The summed E-state index contributed by atoms with van der Waals surface area (Å²) < 4.78 is 45.5. The molecule has 64 heavy (non-hydrogen) atoms. The Labute approximate surface area is 424 Å². The molecule has 3 unspecified atom stereocenters. The number of carbonyl (C=O) groups excluding carboxylic acids is 5. The third kappa shape index (κ3) is 21.5. The van der Waals surface area contributed by atoms with Crippen LogP contribution in [0.2, 0.25) is 20.1 Å². The van der Waals surface area contributed by atoms with Crippen LogP contribution in [0.25, 0.3) is 0 Å². The van der Waals surface area contributed by atoms with Crippen LogP contribution >= 0.6 is 46.4 Å². The first kappa shape index (κ1) is 64.3. The maximum absolute atomic E-state index is 13.0. The third-order valence-corrected chi connectivity index (χ3v) is 10.7. The molecule has 0 aliphatic rings. The standard InChI is InChI=1S/C21H32Cl2N2O5.C20H28Cl2N2O4.IO4.Na/c1-7-18(28)24(5)13-21(11-15(27)12-26,14-8-9-16(22)17(23)10-14)25(6)19(29)30-20(2,3)4;1-7-17(26)23(5)13-20(10-11-25,14-8-9-15(21)16(22)12-14)24(6)18(27)28-19(2,3)4;2-1(3,4)5;/h8-10,15,26-27H,7,11-13H2,1-6H3;8-9,11-12H,7,10,13H2,1-6H3;;/q;;-1;+1. The van der Waals surface area contributed by atoms with Crippen molar-refractivity contribution in [2.75, 3.05) is 47.9 Å². The van der Waals surface area contributed by atoms with E-state index in [4.69, 9.17) is 69.6 Å². The molecule has 4 amide bonds. The molecule has 23 heteroatoms. The molecule has 0 spiro atoms. The van der Waals surface area contributed by atoms with Gasteiger partial charge in [-0.25, -0.2) is 9.59 Å². The second-order valence-corrected chi connectivity index (χ2v) is 20.2. The van der Waals surface area contributed by atoms with Crippen molar-refractivity contribution in [2.45, 2.75) is 109 Å². The summed E-state index contributed by atoms with van der Waals surface area (Å²) in [4.78, 5) is 67.7. The van der Waals surface area contributed by atoms with Crippen molar-refractivity contribution in [3.8, 4) is 0 Å². The maximum atomic E-state index is 13.0. The number of ether oxygens (including phenoxy) is 2. The monoisotopic (exact) mass is 1110 g/mol. The molecule has 0 aromatic heterocycles. The summed E-state index contributed by atoms with van der Waals surface area (Å²) in [6, 6.07) is 9.77. The van der Waals surface area contributed by atoms with Crippen LogP contribution in [0.4, 0.5) is 9.59 Å². The van der Waals surface area contributed by atoms with Gasteiger partial charge in [0.05, 0.1) is 43.9 Å². The molecule has 0 aliphatic heterocycles. The SMILES string of the molecule is CCC(=O)N(C)CC(CC(O)CO)(c1ccc(Cl)c(Cl)c1)N(C)C(=O)OC(C)(C)C.CCC(=O)N(C)CC(CC=O)(c1ccc(Cl)c(Cl)c1)N(C)C(=O)OC(C)(C)C.[Na+].[O-][I+3]([O-])([O-])[O-]. The van der Waals surface area contributed by atoms with Crippen molar-refractivity contribution < 1.29 is 107 Å². The zero-order valence-electron chi connectivity index (χ0n) is 38.6. The second kappa shape index (κ2) is 27.9. The van der Waals surface area contributed by atoms with Crippen LogP contribution in [-0.2, 0) is 34.9 Å². The normalized spacial score (nSPS) is 13.7. The Hall–Kier alpha value is -1.76. The number of amides is 4. The van der Waals surface area contributed by atoms with Gasteiger partial charge in [0, 0.05) is 67.0 Å². The minimum absolute atomic E-state index is 0. The zero-order chi connectivity index (χ0) is 49.5. The predicted octanol–water partition coefficient (Wildman–Crippen LogP) is -2.57. The van der Waals surface area contributed by atoms with Crippen LogP contribution in [0.3, 0.4) is 0 Å². The van der Waals surface area contributed by atoms with Gasteiger partial charge in [-0.2, -0.15) is 0 Å². The van der Waals surface area contributed by atoms with Gasteiger partial charge < -0.3 is 34.3 Å². The van der Waals surface area contributed by atoms with Gasteiger partial charge in [-0.1, -0.05) is 72.4 Å². The van der Waals surface area contributed by atoms with Crippen LogP contribution in [0.5, 0.6) is 0 Å². The molecular weight excluding hydrogens is 1050 g/mol. The van der Waals surface area contributed by atoms with Gasteiger partial charge in [0.15, 0.2) is 0 Å². The van der Waals surface area contributed by atoms with Crippen LogP contribution in [0.15, 0.2) is 36.4 Å². The number of carbonyl (C=O) groups is 5. The van der Waals surface area contributed by atoms with E-state index < -0.39 is 67.3 Å². The number of halogens is 5. The molecule has 17 nitrogen and oxygen atoms in total. The maximum Gasteiger partial charge on any atom is 1.00 e. The van der Waals surface area contributed by atoms with E-state index in [0.29, 0.717) is 33.9 Å². The summed E-state index contributed by atoms with van der Waals surface area (Å²) in [6.07, 6.45) is -1.24. The van der Waals surface area contributed by atoms with Crippen LogP contribution < -0.4 is 63.4 Å². The Bertz CT molecular complexity index is 1850. The largest absolute Gasteiger partial charge is 1.00 e. The van der Waals surface area contributed by atoms with Crippen molar-refractivity contribution in [1.82, 2.24) is 19.6 Å². The van der Waals surface area contributed by atoms with E-state index in [0.717, 1.165) is 0 Å². The van der Waals surface area contributed by atoms with Gasteiger partial charge in [-0.3, -0.25) is 33.1 Å². The Morgan fingerprint density at radius 3 is 1.31 bits per heavy atom.